The first-order chi connectivity index (χ1) is 10.1. The van der Waals surface area contributed by atoms with Crippen LogP contribution in [0.3, 0.4) is 0 Å². The highest BCUT2D eigenvalue weighted by molar-refractivity contribution is 5.59. The average molecular weight is 288 g/mol. The maximum Gasteiger partial charge on any atom is 0.141 e. The Morgan fingerprint density at radius 2 is 1.95 bits per heavy atom. The van der Waals surface area contributed by atoms with Crippen molar-refractivity contribution in [3.8, 4) is 5.75 Å². The van der Waals surface area contributed by atoms with Gasteiger partial charge in [0.1, 0.15) is 5.75 Å². The van der Waals surface area contributed by atoms with Gasteiger partial charge in [0.2, 0.25) is 0 Å². The second-order valence-corrected chi connectivity index (χ2v) is 6.90. The summed E-state index contributed by atoms with van der Waals surface area (Å²) in [4.78, 5) is 2.62. The van der Waals surface area contributed by atoms with Crippen LogP contribution in [0, 0.1) is 5.92 Å². The van der Waals surface area contributed by atoms with E-state index >= 15 is 0 Å². The summed E-state index contributed by atoms with van der Waals surface area (Å²) in [5.74, 6) is 2.31. The normalized spacial score (nSPS) is 31.5. The summed E-state index contributed by atoms with van der Waals surface area (Å²) < 4.78 is 5.56. The molecule has 1 N–H and O–H groups in total. The summed E-state index contributed by atoms with van der Waals surface area (Å²) >= 11 is 0. The van der Waals surface area contributed by atoms with Crippen molar-refractivity contribution in [2.75, 3.05) is 25.5 Å². The number of anilines is 1. The lowest BCUT2D eigenvalue weighted by Crippen LogP contribution is -2.59. The number of nitrogens with zero attached hydrogens (tertiary/aromatic N) is 1. The van der Waals surface area contributed by atoms with Gasteiger partial charge in [-0.2, -0.15) is 0 Å². The van der Waals surface area contributed by atoms with Gasteiger partial charge in [0, 0.05) is 12.1 Å². The number of piperidine rings is 3. The van der Waals surface area contributed by atoms with Gasteiger partial charge in [-0.3, -0.25) is 4.90 Å². The summed E-state index contributed by atoms with van der Waals surface area (Å²) in [6, 6.07) is 7.71. The molecule has 2 atom stereocenters. The predicted octanol–water partition coefficient (Wildman–Crippen LogP) is 3.71. The highest BCUT2D eigenvalue weighted by Gasteiger charge is 2.39. The predicted molar refractivity (Wildman–Crippen MR) is 88.3 cm³/mol. The zero-order valence-electron chi connectivity index (χ0n) is 13.7. The molecule has 2 bridgehead atoms. The molecule has 0 aromatic heterocycles. The van der Waals surface area contributed by atoms with E-state index in [1.165, 1.54) is 31.5 Å². The number of benzene rings is 1. The summed E-state index contributed by atoms with van der Waals surface area (Å²) in [5, 5.41) is 3.81. The van der Waals surface area contributed by atoms with Crippen molar-refractivity contribution in [2.45, 2.75) is 51.6 Å². The molecular formula is C18H28N2O. The van der Waals surface area contributed by atoms with Crippen LogP contribution in [0.2, 0.25) is 0 Å². The topological polar surface area (TPSA) is 24.5 Å². The van der Waals surface area contributed by atoms with Crippen LogP contribution in [-0.4, -0.2) is 37.2 Å². The van der Waals surface area contributed by atoms with Crippen LogP contribution in [-0.2, 0) is 0 Å². The monoisotopic (exact) mass is 288 g/mol. The number of nitrogens with one attached hydrogen (secondary N) is 1. The van der Waals surface area contributed by atoms with Crippen molar-refractivity contribution in [2.24, 2.45) is 5.92 Å². The van der Waals surface area contributed by atoms with Gasteiger partial charge in [-0.1, -0.05) is 19.9 Å². The lowest BCUT2D eigenvalue weighted by molar-refractivity contribution is 0.0458. The number of hydrogen-bond donors (Lipinski definition) is 1. The van der Waals surface area contributed by atoms with Gasteiger partial charge in [-0.25, -0.2) is 0 Å². The minimum Gasteiger partial charge on any atom is -0.495 e. The van der Waals surface area contributed by atoms with E-state index < -0.39 is 0 Å². The number of ether oxygens (including phenoxy) is 1. The molecule has 0 aliphatic carbocycles. The molecule has 0 spiro atoms. The van der Waals surface area contributed by atoms with Crippen LogP contribution in [0.25, 0.3) is 0 Å². The molecule has 3 heteroatoms. The third-order valence-electron chi connectivity index (χ3n) is 5.39. The molecule has 3 fully saturated rings. The first kappa shape index (κ1) is 14.7. The molecule has 116 valence electrons. The Balaban J connectivity index is 1.84. The van der Waals surface area contributed by atoms with Gasteiger partial charge in [-0.05, 0) is 62.4 Å². The molecule has 1 aromatic carbocycles. The molecular weight excluding hydrogens is 260 g/mol. The molecule has 0 unspecified atom stereocenters. The Labute approximate surface area is 128 Å². The summed E-state index contributed by atoms with van der Waals surface area (Å²) in [5.41, 5.74) is 2.53. The van der Waals surface area contributed by atoms with Gasteiger partial charge >= 0.3 is 0 Å². The van der Waals surface area contributed by atoms with Crippen molar-refractivity contribution < 1.29 is 4.74 Å². The van der Waals surface area contributed by atoms with Gasteiger partial charge < -0.3 is 10.1 Å². The number of rotatable bonds is 4. The number of fused-ring (bicyclic) bond motifs is 3. The molecule has 1 aromatic rings. The van der Waals surface area contributed by atoms with Crippen molar-refractivity contribution in [1.29, 1.82) is 0 Å². The zero-order valence-corrected chi connectivity index (χ0v) is 13.7. The Hall–Kier alpha value is -1.22. The third kappa shape index (κ3) is 2.76. The fraction of sp³-hybridized carbons (Fsp3) is 0.667. The maximum atomic E-state index is 5.56. The second kappa shape index (κ2) is 5.88. The Bertz CT molecular complexity index is 490. The molecule has 0 saturated carbocycles. The minimum atomic E-state index is 0.542. The van der Waals surface area contributed by atoms with Crippen molar-refractivity contribution in [3.05, 3.63) is 23.8 Å². The molecule has 3 heterocycles. The molecule has 21 heavy (non-hydrogen) atoms. The van der Waals surface area contributed by atoms with E-state index in [4.69, 9.17) is 4.74 Å². The van der Waals surface area contributed by atoms with E-state index in [9.17, 15) is 0 Å². The van der Waals surface area contributed by atoms with Gasteiger partial charge in [0.25, 0.3) is 0 Å². The Morgan fingerprint density at radius 3 is 2.52 bits per heavy atom. The fourth-order valence-electron chi connectivity index (χ4n) is 3.92. The molecule has 3 saturated heterocycles. The summed E-state index contributed by atoms with van der Waals surface area (Å²) in [6.45, 7) is 9.38. The smallest absolute Gasteiger partial charge is 0.141 e. The largest absolute Gasteiger partial charge is 0.495 e. The highest BCUT2D eigenvalue weighted by atomic mass is 16.5. The van der Waals surface area contributed by atoms with Gasteiger partial charge in [-0.15, -0.1) is 0 Å². The first-order valence-corrected chi connectivity index (χ1v) is 8.28. The quantitative estimate of drug-likeness (QED) is 0.914. The van der Waals surface area contributed by atoms with Crippen molar-refractivity contribution >= 4 is 5.69 Å². The van der Waals surface area contributed by atoms with E-state index in [0.717, 1.165) is 17.4 Å². The highest BCUT2D eigenvalue weighted by Crippen LogP contribution is 2.37. The van der Waals surface area contributed by atoms with Crippen LogP contribution in [0.4, 0.5) is 5.69 Å². The molecule has 3 nitrogen and oxygen atoms in total. The number of hydrogen-bond acceptors (Lipinski definition) is 3. The molecule has 4 rings (SSSR count). The Morgan fingerprint density at radius 1 is 1.24 bits per heavy atom. The average Bonchev–Trinajstić information content (AvgIpc) is 2.51. The number of methoxy groups -OCH3 is 1. The van der Waals surface area contributed by atoms with Crippen LogP contribution in [0.1, 0.15) is 45.1 Å². The second-order valence-electron chi connectivity index (χ2n) is 6.90. The van der Waals surface area contributed by atoms with Crippen molar-refractivity contribution in [1.82, 2.24) is 4.90 Å². The van der Waals surface area contributed by atoms with E-state index in [0.29, 0.717) is 18.0 Å². The zero-order chi connectivity index (χ0) is 15.0. The van der Waals surface area contributed by atoms with E-state index in [2.05, 4.69) is 49.2 Å². The first-order valence-electron chi connectivity index (χ1n) is 8.28. The SMILES string of the molecule is COc1ccc(C(C)C)cc1N[C@H]1C2CCN(CC2)[C@H]1C. The standard InChI is InChI=1S/C18H28N2O/c1-12(2)15-5-6-17(21-4)16(11-15)19-18-13(3)20-9-7-14(18)8-10-20/h5-6,11-14,18-19H,7-10H2,1-4H3/t13-,18+/m0/s1. The molecule has 0 radical (unpaired) electrons. The molecule has 3 aliphatic heterocycles. The van der Waals surface area contributed by atoms with Gasteiger partial charge in [0.15, 0.2) is 0 Å². The van der Waals surface area contributed by atoms with Crippen LogP contribution in [0.15, 0.2) is 18.2 Å². The summed E-state index contributed by atoms with van der Waals surface area (Å²) in [6.07, 6.45) is 2.66. The van der Waals surface area contributed by atoms with E-state index in [1.807, 2.05) is 0 Å². The molecule has 0 amide bonds. The lowest BCUT2D eigenvalue weighted by atomic mass is 9.79. The Kier molecular flexibility index (Phi) is 4.12. The van der Waals surface area contributed by atoms with Crippen LogP contribution >= 0.6 is 0 Å². The van der Waals surface area contributed by atoms with E-state index in [1.54, 1.807) is 7.11 Å². The summed E-state index contributed by atoms with van der Waals surface area (Å²) in [7, 11) is 1.76. The van der Waals surface area contributed by atoms with Crippen molar-refractivity contribution in [3.63, 3.8) is 0 Å². The van der Waals surface area contributed by atoms with Crippen LogP contribution < -0.4 is 10.1 Å². The third-order valence-corrected chi connectivity index (χ3v) is 5.39. The fourth-order valence-corrected chi connectivity index (χ4v) is 3.92. The minimum absolute atomic E-state index is 0.542. The van der Waals surface area contributed by atoms with Crippen LogP contribution in [0.5, 0.6) is 5.75 Å². The molecule has 3 aliphatic rings. The maximum absolute atomic E-state index is 5.56. The van der Waals surface area contributed by atoms with E-state index in [-0.39, 0.29) is 0 Å². The van der Waals surface area contributed by atoms with Gasteiger partial charge in [0.05, 0.1) is 12.8 Å². The lowest BCUT2D eigenvalue weighted by Gasteiger charge is -2.50.